The number of methoxy groups -OCH3 is 1. The minimum absolute atomic E-state index is 0.0240. The van der Waals surface area contributed by atoms with E-state index in [1.54, 1.807) is 13.2 Å². The standard InChI is InChI=1S/C18H24N2O3/c1-23-16-6-4-5-15(13-16)18(22)20-11-7-14(8-12-20)17(21)19-9-2-3-10-19/h4-6,13-14H,2-3,7-12H2,1H3. The minimum Gasteiger partial charge on any atom is -0.497 e. The molecule has 5 nitrogen and oxygen atoms in total. The molecule has 23 heavy (non-hydrogen) atoms. The fourth-order valence-corrected chi connectivity index (χ4v) is 3.46. The van der Waals surface area contributed by atoms with E-state index >= 15 is 0 Å². The molecule has 0 bridgehead atoms. The van der Waals surface area contributed by atoms with Crippen LogP contribution >= 0.6 is 0 Å². The first-order valence-corrected chi connectivity index (χ1v) is 8.41. The molecule has 1 aromatic rings. The predicted octanol–water partition coefficient (Wildman–Crippen LogP) is 2.17. The van der Waals surface area contributed by atoms with Crippen LogP contribution in [0.5, 0.6) is 5.75 Å². The van der Waals surface area contributed by atoms with Gasteiger partial charge in [-0.25, -0.2) is 0 Å². The van der Waals surface area contributed by atoms with Gasteiger partial charge in [0, 0.05) is 37.7 Å². The molecule has 0 unspecified atom stereocenters. The molecular formula is C18H24N2O3. The van der Waals surface area contributed by atoms with E-state index < -0.39 is 0 Å². The van der Waals surface area contributed by atoms with Crippen molar-refractivity contribution in [2.45, 2.75) is 25.7 Å². The van der Waals surface area contributed by atoms with Crippen LogP contribution in [0, 0.1) is 5.92 Å². The summed E-state index contributed by atoms with van der Waals surface area (Å²) in [4.78, 5) is 28.9. The third kappa shape index (κ3) is 3.49. The fraction of sp³-hybridized carbons (Fsp3) is 0.556. The van der Waals surface area contributed by atoms with Gasteiger partial charge >= 0.3 is 0 Å². The zero-order chi connectivity index (χ0) is 16.2. The van der Waals surface area contributed by atoms with E-state index in [1.165, 1.54) is 0 Å². The number of hydrogen-bond donors (Lipinski definition) is 0. The van der Waals surface area contributed by atoms with E-state index in [9.17, 15) is 9.59 Å². The molecule has 0 aromatic heterocycles. The Morgan fingerprint density at radius 2 is 1.74 bits per heavy atom. The van der Waals surface area contributed by atoms with Crippen molar-refractivity contribution in [2.75, 3.05) is 33.3 Å². The molecule has 2 amide bonds. The van der Waals surface area contributed by atoms with Gasteiger partial charge in [-0.2, -0.15) is 0 Å². The first-order chi connectivity index (χ1) is 11.2. The molecule has 0 spiro atoms. The lowest BCUT2D eigenvalue weighted by atomic mass is 9.95. The molecule has 0 N–H and O–H groups in total. The van der Waals surface area contributed by atoms with Gasteiger partial charge in [0.1, 0.15) is 5.75 Å². The topological polar surface area (TPSA) is 49.9 Å². The van der Waals surface area contributed by atoms with Gasteiger partial charge in [-0.15, -0.1) is 0 Å². The second-order valence-corrected chi connectivity index (χ2v) is 6.33. The van der Waals surface area contributed by atoms with Gasteiger partial charge in [-0.05, 0) is 43.9 Å². The molecule has 5 heteroatoms. The third-order valence-corrected chi connectivity index (χ3v) is 4.87. The van der Waals surface area contributed by atoms with Gasteiger partial charge in [-0.1, -0.05) is 6.07 Å². The largest absolute Gasteiger partial charge is 0.497 e. The SMILES string of the molecule is COc1cccc(C(=O)N2CCC(C(=O)N3CCCC3)CC2)c1. The number of carbonyl (C=O) groups excluding carboxylic acids is 2. The van der Waals surface area contributed by atoms with Crippen molar-refractivity contribution in [3.05, 3.63) is 29.8 Å². The number of carbonyl (C=O) groups is 2. The fourth-order valence-electron chi connectivity index (χ4n) is 3.46. The lowest BCUT2D eigenvalue weighted by Gasteiger charge is -2.33. The minimum atomic E-state index is 0.0240. The number of hydrogen-bond acceptors (Lipinski definition) is 3. The van der Waals surface area contributed by atoms with Crippen molar-refractivity contribution in [1.29, 1.82) is 0 Å². The van der Waals surface area contributed by atoms with Crippen LogP contribution < -0.4 is 4.74 Å². The summed E-state index contributed by atoms with van der Waals surface area (Å²) in [5.74, 6) is 1.09. The molecule has 0 aliphatic carbocycles. The Kier molecular flexibility index (Phi) is 4.84. The maximum Gasteiger partial charge on any atom is 0.253 e. The Hall–Kier alpha value is -2.04. The van der Waals surface area contributed by atoms with Crippen LogP contribution in [-0.2, 0) is 4.79 Å². The van der Waals surface area contributed by atoms with Crippen molar-refractivity contribution in [2.24, 2.45) is 5.92 Å². The van der Waals surface area contributed by atoms with Crippen molar-refractivity contribution < 1.29 is 14.3 Å². The maximum atomic E-state index is 12.6. The predicted molar refractivity (Wildman–Crippen MR) is 87.4 cm³/mol. The van der Waals surface area contributed by atoms with Crippen LogP contribution in [0.4, 0.5) is 0 Å². The summed E-state index contributed by atoms with van der Waals surface area (Å²) in [7, 11) is 1.60. The van der Waals surface area contributed by atoms with E-state index in [0.29, 0.717) is 24.4 Å². The number of nitrogens with zero attached hydrogens (tertiary/aromatic N) is 2. The van der Waals surface area contributed by atoms with Gasteiger partial charge in [0.25, 0.3) is 5.91 Å². The molecule has 0 radical (unpaired) electrons. The molecule has 3 rings (SSSR count). The van der Waals surface area contributed by atoms with Crippen molar-refractivity contribution >= 4 is 11.8 Å². The summed E-state index contributed by atoms with van der Waals surface area (Å²) in [6, 6.07) is 7.24. The molecule has 0 atom stereocenters. The van der Waals surface area contributed by atoms with Crippen LogP contribution in [0.15, 0.2) is 24.3 Å². The van der Waals surface area contributed by atoms with E-state index in [1.807, 2.05) is 28.0 Å². The molecule has 2 aliphatic rings. The number of ether oxygens (including phenoxy) is 1. The Morgan fingerprint density at radius 3 is 2.39 bits per heavy atom. The van der Waals surface area contributed by atoms with E-state index in [4.69, 9.17) is 4.74 Å². The second-order valence-electron chi connectivity index (χ2n) is 6.33. The molecule has 1 aromatic carbocycles. The Morgan fingerprint density at radius 1 is 1.04 bits per heavy atom. The summed E-state index contributed by atoms with van der Waals surface area (Å²) < 4.78 is 5.18. The molecule has 2 heterocycles. The highest BCUT2D eigenvalue weighted by Crippen LogP contribution is 2.24. The molecule has 0 saturated carbocycles. The van der Waals surface area contributed by atoms with Gasteiger partial charge in [0.05, 0.1) is 7.11 Å². The Bertz CT molecular complexity index is 573. The Balaban J connectivity index is 1.57. The third-order valence-electron chi connectivity index (χ3n) is 4.87. The summed E-state index contributed by atoms with van der Waals surface area (Å²) in [6.45, 7) is 3.12. The zero-order valence-corrected chi connectivity index (χ0v) is 13.7. The highest BCUT2D eigenvalue weighted by atomic mass is 16.5. The van der Waals surface area contributed by atoms with Crippen LogP contribution in [0.25, 0.3) is 0 Å². The zero-order valence-electron chi connectivity index (χ0n) is 13.7. The first kappa shape index (κ1) is 15.8. The highest BCUT2D eigenvalue weighted by molar-refractivity contribution is 5.94. The quantitative estimate of drug-likeness (QED) is 0.859. The van der Waals surface area contributed by atoms with Crippen LogP contribution in [0.3, 0.4) is 0 Å². The average molecular weight is 316 g/mol. The number of rotatable bonds is 3. The van der Waals surface area contributed by atoms with Crippen LogP contribution in [0.2, 0.25) is 0 Å². The molecular weight excluding hydrogens is 292 g/mol. The van der Waals surface area contributed by atoms with Crippen molar-refractivity contribution in [3.63, 3.8) is 0 Å². The van der Waals surface area contributed by atoms with Gasteiger partial charge in [0.2, 0.25) is 5.91 Å². The average Bonchev–Trinajstić information content (AvgIpc) is 3.15. The van der Waals surface area contributed by atoms with Crippen LogP contribution in [0.1, 0.15) is 36.0 Å². The maximum absolute atomic E-state index is 12.6. The number of likely N-dealkylation sites (tertiary alicyclic amines) is 2. The summed E-state index contributed by atoms with van der Waals surface area (Å²) in [5, 5.41) is 0. The summed E-state index contributed by atoms with van der Waals surface area (Å²) >= 11 is 0. The van der Waals surface area contributed by atoms with Gasteiger partial charge in [-0.3, -0.25) is 9.59 Å². The van der Waals surface area contributed by atoms with Crippen LogP contribution in [-0.4, -0.2) is 54.9 Å². The van der Waals surface area contributed by atoms with Gasteiger partial charge in [0.15, 0.2) is 0 Å². The van der Waals surface area contributed by atoms with E-state index in [2.05, 4.69) is 0 Å². The van der Waals surface area contributed by atoms with Gasteiger partial charge < -0.3 is 14.5 Å². The molecule has 2 aliphatic heterocycles. The number of piperidine rings is 1. The summed E-state index contributed by atoms with van der Waals surface area (Å²) in [6.07, 6.45) is 3.79. The van der Waals surface area contributed by atoms with E-state index in [-0.39, 0.29) is 17.7 Å². The number of amides is 2. The molecule has 2 saturated heterocycles. The lowest BCUT2D eigenvalue weighted by molar-refractivity contribution is -0.135. The smallest absolute Gasteiger partial charge is 0.253 e. The summed E-state index contributed by atoms with van der Waals surface area (Å²) in [5.41, 5.74) is 0.647. The van der Waals surface area contributed by atoms with E-state index in [0.717, 1.165) is 38.8 Å². The monoisotopic (exact) mass is 316 g/mol. The Labute approximate surface area is 137 Å². The van der Waals surface area contributed by atoms with Crippen molar-refractivity contribution in [3.8, 4) is 5.75 Å². The first-order valence-electron chi connectivity index (χ1n) is 8.41. The molecule has 2 fully saturated rings. The highest BCUT2D eigenvalue weighted by Gasteiger charge is 2.31. The lowest BCUT2D eigenvalue weighted by Crippen LogP contribution is -2.43. The number of benzene rings is 1. The normalized spacial score (nSPS) is 19.0. The second kappa shape index (κ2) is 7.02. The molecule has 124 valence electrons. The van der Waals surface area contributed by atoms with Crippen molar-refractivity contribution in [1.82, 2.24) is 9.80 Å².